The number of hydrogen-bond donors (Lipinski definition) is 0. The predicted molar refractivity (Wildman–Crippen MR) is 61.5 cm³/mol. The van der Waals surface area contributed by atoms with Crippen LogP contribution in [-0.4, -0.2) is 40.2 Å². The summed E-state index contributed by atoms with van der Waals surface area (Å²) < 4.78 is 0. The molecule has 2 atom stereocenters. The summed E-state index contributed by atoms with van der Waals surface area (Å²) >= 11 is 5.33. The van der Waals surface area contributed by atoms with E-state index in [0.29, 0.717) is 6.04 Å². The molecule has 0 spiro atoms. The van der Waals surface area contributed by atoms with Gasteiger partial charge in [0.05, 0.1) is 4.83 Å². The number of nitrogens with zero attached hydrogens (tertiary/aromatic N) is 1. The van der Waals surface area contributed by atoms with Gasteiger partial charge in [-0.3, -0.25) is 4.79 Å². The molecular weight excluding hydrogens is 250 g/mol. The van der Waals surface area contributed by atoms with E-state index in [2.05, 4.69) is 15.9 Å². The van der Waals surface area contributed by atoms with E-state index >= 15 is 0 Å². The first-order valence-electron chi connectivity index (χ1n) is 4.65. The second-order valence-electron chi connectivity index (χ2n) is 3.34. The maximum absolute atomic E-state index is 11.7. The van der Waals surface area contributed by atoms with Crippen LogP contribution >= 0.6 is 27.7 Å². The second-order valence-corrected chi connectivity index (χ2v) is 5.60. The zero-order valence-corrected chi connectivity index (χ0v) is 10.5. The second kappa shape index (κ2) is 5.25. The number of alkyl halides is 1. The number of carbonyl (C=O) groups is 1. The van der Waals surface area contributed by atoms with Crippen LogP contribution in [0.5, 0.6) is 0 Å². The van der Waals surface area contributed by atoms with Gasteiger partial charge in [0.15, 0.2) is 0 Å². The monoisotopic (exact) mass is 265 g/mol. The van der Waals surface area contributed by atoms with Gasteiger partial charge in [0.25, 0.3) is 0 Å². The van der Waals surface area contributed by atoms with Crippen molar-refractivity contribution in [3.8, 4) is 0 Å². The molecule has 1 rings (SSSR count). The quantitative estimate of drug-likeness (QED) is 0.729. The van der Waals surface area contributed by atoms with Crippen LogP contribution in [0.25, 0.3) is 0 Å². The average molecular weight is 266 g/mol. The van der Waals surface area contributed by atoms with Crippen molar-refractivity contribution in [2.45, 2.75) is 30.6 Å². The van der Waals surface area contributed by atoms with Gasteiger partial charge in [0.2, 0.25) is 5.91 Å². The standard InChI is InChI=1S/C9H16BrNOS/c1-3-8(10)9(12)11(2)7-4-5-13-6-7/h7-8H,3-6H2,1-2H3. The van der Waals surface area contributed by atoms with Gasteiger partial charge in [-0.15, -0.1) is 0 Å². The smallest absolute Gasteiger partial charge is 0.236 e. The van der Waals surface area contributed by atoms with Gasteiger partial charge >= 0.3 is 0 Å². The van der Waals surface area contributed by atoms with Crippen molar-refractivity contribution in [1.29, 1.82) is 0 Å². The van der Waals surface area contributed by atoms with Gasteiger partial charge in [-0.05, 0) is 18.6 Å². The van der Waals surface area contributed by atoms with Crippen LogP contribution in [0.15, 0.2) is 0 Å². The van der Waals surface area contributed by atoms with E-state index < -0.39 is 0 Å². The molecule has 0 aromatic carbocycles. The fourth-order valence-electron chi connectivity index (χ4n) is 1.40. The minimum Gasteiger partial charge on any atom is -0.341 e. The van der Waals surface area contributed by atoms with Crippen LogP contribution < -0.4 is 0 Å². The molecule has 0 saturated carbocycles. The van der Waals surface area contributed by atoms with Crippen LogP contribution in [-0.2, 0) is 4.79 Å². The number of carbonyl (C=O) groups excluding carboxylic acids is 1. The minimum atomic E-state index is 0.00287. The lowest BCUT2D eigenvalue weighted by molar-refractivity contribution is -0.130. The predicted octanol–water partition coefficient (Wildman–Crippen LogP) is 2.12. The number of hydrogen-bond acceptors (Lipinski definition) is 2. The largest absolute Gasteiger partial charge is 0.341 e. The Morgan fingerprint density at radius 1 is 1.77 bits per heavy atom. The van der Waals surface area contributed by atoms with E-state index in [-0.39, 0.29) is 10.7 Å². The summed E-state index contributed by atoms with van der Waals surface area (Å²) in [7, 11) is 1.92. The molecule has 13 heavy (non-hydrogen) atoms. The van der Waals surface area contributed by atoms with Crippen molar-refractivity contribution in [1.82, 2.24) is 4.90 Å². The lowest BCUT2D eigenvalue weighted by Gasteiger charge is -2.25. The minimum absolute atomic E-state index is 0.00287. The van der Waals surface area contributed by atoms with Gasteiger partial charge in [-0.25, -0.2) is 0 Å². The lowest BCUT2D eigenvalue weighted by Crippen LogP contribution is -2.40. The van der Waals surface area contributed by atoms with Crippen molar-refractivity contribution < 1.29 is 4.79 Å². The molecule has 0 aromatic heterocycles. The zero-order valence-electron chi connectivity index (χ0n) is 8.12. The average Bonchev–Trinajstić information content (AvgIpc) is 2.67. The molecule has 1 amide bonds. The summed E-state index contributed by atoms with van der Waals surface area (Å²) in [5, 5.41) is 0. The number of thioether (sulfide) groups is 1. The van der Waals surface area contributed by atoms with E-state index in [4.69, 9.17) is 0 Å². The number of amides is 1. The van der Waals surface area contributed by atoms with Crippen LogP contribution in [0, 0.1) is 0 Å². The van der Waals surface area contributed by atoms with Crippen LogP contribution in [0.3, 0.4) is 0 Å². The Kier molecular flexibility index (Phi) is 4.59. The third-order valence-electron chi connectivity index (χ3n) is 2.43. The highest BCUT2D eigenvalue weighted by atomic mass is 79.9. The molecule has 76 valence electrons. The van der Waals surface area contributed by atoms with Crippen molar-refractivity contribution in [2.75, 3.05) is 18.6 Å². The van der Waals surface area contributed by atoms with Gasteiger partial charge in [0.1, 0.15) is 0 Å². The Labute approximate surface area is 92.6 Å². The third-order valence-corrected chi connectivity index (χ3v) is 4.61. The maximum atomic E-state index is 11.7. The Bertz CT molecular complexity index is 182. The lowest BCUT2D eigenvalue weighted by atomic mass is 10.2. The molecule has 0 bridgehead atoms. The molecule has 1 heterocycles. The van der Waals surface area contributed by atoms with Crippen molar-refractivity contribution in [3.63, 3.8) is 0 Å². The normalized spacial score (nSPS) is 24.4. The fourth-order valence-corrected chi connectivity index (χ4v) is 2.99. The van der Waals surface area contributed by atoms with E-state index in [0.717, 1.165) is 18.6 Å². The van der Waals surface area contributed by atoms with Gasteiger partial charge < -0.3 is 4.90 Å². The van der Waals surface area contributed by atoms with Gasteiger partial charge in [-0.2, -0.15) is 11.8 Å². The van der Waals surface area contributed by atoms with Crippen LogP contribution in [0.1, 0.15) is 19.8 Å². The number of rotatable bonds is 3. The first-order chi connectivity index (χ1) is 6.16. The summed E-state index contributed by atoms with van der Waals surface area (Å²) in [6, 6.07) is 0.462. The molecule has 0 N–H and O–H groups in total. The highest BCUT2D eigenvalue weighted by Crippen LogP contribution is 2.22. The summed E-state index contributed by atoms with van der Waals surface area (Å²) in [4.78, 5) is 13.6. The Morgan fingerprint density at radius 2 is 2.46 bits per heavy atom. The van der Waals surface area contributed by atoms with E-state index in [1.165, 1.54) is 5.75 Å². The molecule has 4 heteroatoms. The van der Waals surface area contributed by atoms with Crippen molar-refractivity contribution >= 4 is 33.6 Å². The summed E-state index contributed by atoms with van der Waals surface area (Å²) in [5.41, 5.74) is 0. The van der Waals surface area contributed by atoms with Crippen molar-refractivity contribution in [3.05, 3.63) is 0 Å². The Hall–Kier alpha value is 0.300. The summed E-state index contributed by atoms with van der Waals surface area (Å²) in [6.45, 7) is 2.02. The van der Waals surface area contributed by atoms with Crippen LogP contribution in [0.2, 0.25) is 0 Å². The Morgan fingerprint density at radius 3 is 2.92 bits per heavy atom. The SMILES string of the molecule is CCC(Br)C(=O)N(C)C1CCSC1. The third kappa shape index (κ3) is 2.88. The van der Waals surface area contributed by atoms with Crippen LogP contribution in [0.4, 0.5) is 0 Å². The summed E-state index contributed by atoms with van der Waals surface area (Å²) in [6.07, 6.45) is 2.01. The molecule has 1 aliphatic rings. The first-order valence-corrected chi connectivity index (χ1v) is 6.72. The van der Waals surface area contributed by atoms with E-state index in [9.17, 15) is 4.79 Å². The van der Waals surface area contributed by atoms with E-state index in [1.807, 2.05) is 30.6 Å². The molecule has 2 nitrogen and oxygen atoms in total. The van der Waals surface area contributed by atoms with Gasteiger partial charge in [-0.1, -0.05) is 22.9 Å². The van der Waals surface area contributed by atoms with Crippen molar-refractivity contribution in [2.24, 2.45) is 0 Å². The molecule has 0 radical (unpaired) electrons. The molecular formula is C9H16BrNOS. The van der Waals surface area contributed by atoms with E-state index in [1.54, 1.807) is 0 Å². The maximum Gasteiger partial charge on any atom is 0.236 e. The zero-order chi connectivity index (χ0) is 9.84. The fraction of sp³-hybridized carbons (Fsp3) is 0.889. The molecule has 0 aromatic rings. The first kappa shape index (κ1) is 11.4. The summed E-state index contributed by atoms with van der Waals surface area (Å²) in [5.74, 6) is 2.53. The highest BCUT2D eigenvalue weighted by Gasteiger charge is 2.26. The molecule has 1 saturated heterocycles. The number of halogens is 1. The molecule has 2 unspecified atom stereocenters. The molecule has 0 aliphatic carbocycles. The topological polar surface area (TPSA) is 20.3 Å². The van der Waals surface area contributed by atoms with Gasteiger partial charge in [0, 0.05) is 18.8 Å². The Balaban J connectivity index is 2.45. The molecule has 1 aliphatic heterocycles. The highest BCUT2D eigenvalue weighted by molar-refractivity contribution is 9.10. The molecule has 1 fully saturated rings.